The maximum atomic E-state index is 11.5. The van der Waals surface area contributed by atoms with Crippen molar-refractivity contribution in [1.82, 2.24) is 5.32 Å². The van der Waals surface area contributed by atoms with Crippen molar-refractivity contribution in [2.45, 2.75) is 12.8 Å². The number of methoxy groups -OCH3 is 1. The van der Waals surface area contributed by atoms with Crippen molar-refractivity contribution in [3.8, 4) is 11.5 Å². The Balaban J connectivity index is 2.07. The summed E-state index contributed by atoms with van der Waals surface area (Å²) in [5, 5.41) is 10.4. The lowest BCUT2D eigenvalue weighted by Gasteiger charge is -2.11. The number of rotatable bonds is 7. The fraction of sp³-hybridized carbons (Fsp3) is 0.267. The van der Waals surface area contributed by atoms with Gasteiger partial charge in [0.05, 0.1) is 18.6 Å². The Hall–Kier alpha value is -2.48. The van der Waals surface area contributed by atoms with Crippen LogP contribution in [0.2, 0.25) is 0 Å². The van der Waals surface area contributed by atoms with Crippen LogP contribution >= 0.6 is 11.8 Å². The maximum absolute atomic E-state index is 11.5. The van der Waals surface area contributed by atoms with Crippen LogP contribution in [0, 0.1) is 0 Å². The molecule has 0 unspecified atom stereocenters. The van der Waals surface area contributed by atoms with Gasteiger partial charge in [0.1, 0.15) is 0 Å². The van der Waals surface area contributed by atoms with Crippen LogP contribution < -0.4 is 14.8 Å². The van der Waals surface area contributed by atoms with Crippen molar-refractivity contribution in [3.63, 3.8) is 0 Å². The molecule has 2 rings (SSSR count). The summed E-state index contributed by atoms with van der Waals surface area (Å²) in [6.07, 6.45) is 2.01. The molecule has 1 heterocycles. The third-order valence-corrected chi connectivity index (χ3v) is 3.73. The van der Waals surface area contributed by atoms with E-state index in [2.05, 4.69) is 5.32 Å². The summed E-state index contributed by atoms with van der Waals surface area (Å²) in [4.78, 5) is 33.4. The molecule has 0 spiro atoms. The van der Waals surface area contributed by atoms with Crippen LogP contribution in [-0.4, -0.2) is 35.9 Å². The Morgan fingerprint density at radius 3 is 2.74 bits per heavy atom. The van der Waals surface area contributed by atoms with E-state index in [-0.39, 0.29) is 13.0 Å². The number of nitrogens with one attached hydrogen (secondary N) is 1. The smallest absolute Gasteiger partial charge is 0.303 e. The van der Waals surface area contributed by atoms with Gasteiger partial charge in [-0.25, -0.2) is 0 Å². The summed E-state index contributed by atoms with van der Waals surface area (Å²) in [5.41, 5.74) is 0.687. The molecule has 0 saturated carbocycles. The lowest BCUT2D eigenvalue weighted by Crippen LogP contribution is -2.17. The molecule has 1 aliphatic rings. The fourth-order valence-corrected chi connectivity index (χ4v) is 2.55. The zero-order chi connectivity index (χ0) is 16.8. The van der Waals surface area contributed by atoms with Crippen molar-refractivity contribution in [2.24, 2.45) is 0 Å². The van der Waals surface area contributed by atoms with Crippen LogP contribution in [-0.2, 0) is 9.59 Å². The molecule has 0 aliphatic carbocycles. The highest BCUT2D eigenvalue weighted by Crippen LogP contribution is 2.31. The Morgan fingerprint density at radius 2 is 2.13 bits per heavy atom. The Labute approximate surface area is 136 Å². The van der Waals surface area contributed by atoms with Gasteiger partial charge in [-0.3, -0.25) is 19.7 Å². The zero-order valence-electron chi connectivity index (χ0n) is 12.3. The first kappa shape index (κ1) is 16.9. The number of hydrogen-bond acceptors (Lipinski definition) is 6. The van der Waals surface area contributed by atoms with Gasteiger partial charge in [-0.1, -0.05) is 6.07 Å². The van der Waals surface area contributed by atoms with E-state index in [0.717, 1.165) is 11.8 Å². The third kappa shape index (κ3) is 4.75. The van der Waals surface area contributed by atoms with Crippen molar-refractivity contribution in [2.75, 3.05) is 13.7 Å². The molecule has 7 nitrogen and oxygen atoms in total. The molecule has 0 bridgehead atoms. The third-order valence-electron chi connectivity index (χ3n) is 2.92. The fourth-order valence-electron chi connectivity index (χ4n) is 1.87. The number of carbonyl (C=O) groups is 3. The molecule has 1 aromatic rings. The van der Waals surface area contributed by atoms with E-state index in [0.29, 0.717) is 28.4 Å². The Kier molecular flexibility index (Phi) is 5.64. The van der Waals surface area contributed by atoms with Crippen molar-refractivity contribution in [1.29, 1.82) is 0 Å². The molecular formula is C15H15NO6S. The monoisotopic (exact) mass is 337 g/mol. The van der Waals surface area contributed by atoms with Gasteiger partial charge in [-0.2, -0.15) is 0 Å². The maximum Gasteiger partial charge on any atom is 0.303 e. The van der Waals surface area contributed by atoms with E-state index in [1.807, 2.05) is 0 Å². The van der Waals surface area contributed by atoms with Crippen LogP contribution in [0.4, 0.5) is 4.79 Å². The predicted octanol–water partition coefficient (Wildman–Crippen LogP) is 2.26. The van der Waals surface area contributed by atoms with Gasteiger partial charge in [-0.05, 0) is 42.0 Å². The van der Waals surface area contributed by atoms with E-state index < -0.39 is 17.1 Å². The van der Waals surface area contributed by atoms with Crippen LogP contribution in [0.15, 0.2) is 23.1 Å². The molecule has 1 aliphatic heterocycles. The van der Waals surface area contributed by atoms with Gasteiger partial charge in [-0.15, -0.1) is 0 Å². The molecule has 1 saturated heterocycles. The zero-order valence-corrected chi connectivity index (χ0v) is 13.1. The lowest BCUT2D eigenvalue weighted by atomic mass is 10.2. The van der Waals surface area contributed by atoms with Crippen molar-refractivity contribution >= 4 is 35.0 Å². The van der Waals surface area contributed by atoms with Crippen LogP contribution in [0.5, 0.6) is 11.5 Å². The van der Waals surface area contributed by atoms with Gasteiger partial charge in [0.2, 0.25) is 0 Å². The number of imide groups is 1. The van der Waals surface area contributed by atoms with Gasteiger partial charge in [0, 0.05) is 6.42 Å². The van der Waals surface area contributed by atoms with E-state index in [1.165, 1.54) is 7.11 Å². The standard InChI is InChI=1S/C15H15NO6S/c1-21-11-7-9(8-12-14(19)16-15(20)23-12)4-5-10(11)22-6-2-3-13(17)18/h4-5,7-8H,2-3,6H2,1H3,(H,17,18)(H,16,19,20)/b12-8-. The highest BCUT2D eigenvalue weighted by molar-refractivity contribution is 8.18. The predicted molar refractivity (Wildman–Crippen MR) is 84.5 cm³/mol. The summed E-state index contributed by atoms with van der Waals surface area (Å²) < 4.78 is 10.7. The second-order valence-electron chi connectivity index (χ2n) is 4.61. The second-order valence-corrected chi connectivity index (χ2v) is 5.62. The van der Waals surface area contributed by atoms with Gasteiger partial charge in [0.15, 0.2) is 11.5 Å². The number of aliphatic carboxylic acids is 1. The minimum atomic E-state index is -0.871. The van der Waals surface area contributed by atoms with E-state index in [1.54, 1.807) is 24.3 Å². The molecule has 0 aromatic heterocycles. The van der Waals surface area contributed by atoms with Gasteiger partial charge < -0.3 is 14.6 Å². The van der Waals surface area contributed by atoms with Crippen LogP contribution in [0.1, 0.15) is 18.4 Å². The first-order valence-electron chi connectivity index (χ1n) is 6.77. The SMILES string of the molecule is COc1cc(/C=C2\SC(=O)NC2=O)ccc1OCCCC(=O)O. The molecule has 122 valence electrons. The first-order chi connectivity index (χ1) is 11.0. The number of carboxylic acid groups (broad SMARTS) is 1. The van der Waals surface area contributed by atoms with E-state index >= 15 is 0 Å². The average molecular weight is 337 g/mol. The number of hydrogen-bond donors (Lipinski definition) is 2. The van der Waals surface area contributed by atoms with Crippen LogP contribution in [0.25, 0.3) is 6.08 Å². The number of amides is 2. The minimum Gasteiger partial charge on any atom is -0.493 e. The number of ether oxygens (including phenoxy) is 2. The Bertz CT molecular complexity index is 670. The molecule has 1 aromatic carbocycles. The molecule has 2 N–H and O–H groups in total. The lowest BCUT2D eigenvalue weighted by molar-refractivity contribution is -0.137. The summed E-state index contributed by atoms with van der Waals surface area (Å²) >= 11 is 0.840. The highest BCUT2D eigenvalue weighted by Gasteiger charge is 2.25. The number of benzene rings is 1. The summed E-state index contributed by atoms with van der Waals surface area (Å²) in [6.45, 7) is 0.260. The number of thioether (sulfide) groups is 1. The number of carboxylic acids is 1. The summed E-state index contributed by atoms with van der Waals surface area (Å²) in [5.74, 6) is -0.346. The second kappa shape index (κ2) is 7.68. The number of carbonyl (C=O) groups excluding carboxylic acids is 2. The molecule has 0 atom stereocenters. The van der Waals surface area contributed by atoms with Gasteiger partial charge >= 0.3 is 5.97 Å². The normalized spacial score (nSPS) is 15.6. The quantitative estimate of drug-likeness (QED) is 0.581. The van der Waals surface area contributed by atoms with Crippen molar-refractivity contribution < 1.29 is 29.0 Å². The average Bonchev–Trinajstić information content (AvgIpc) is 2.82. The minimum absolute atomic E-state index is 0.0346. The molecule has 2 amide bonds. The molecule has 0 radical (unpaired) electrons. The first-order valence-corrected chi connectivity index (χ1v) is 7.58. The molecular weight excluding hydrogens is 322 g/mol. The van der Waals surface area contributed by atoms with E-state index in [4.69, 9.17) is 14.6 Å². The van der Waals surface area contributed by atoms with E-state index in [9.17, 15) is 14.4 Å². The Morgan fingerprint density at radius 1 is 1.35 bits per heavy atom. The largest absolute Gasteiger partial charge is 0.493 e. The highest BCUT2D eigenvalue weighted by atomic mass is 32.2. The molecule has 23 heavy (non-hydrogen) atoms. The molecule has 8 heteroatoms. The summed E-state index contributed by atoms with van der Waals surface area (Å²) in [6, 6.07) is 5.07. The topological polar surface area (TPSA) is 102 Å². The van der Waals surface area contributed by atoms with Gasteiger partial charge in [0.25, 0.3) is 11.1 Å². The molecule has 1 fully saturated rings. The van der Waals surface area contributed by atoms with Crippen molar-refractivity contribution in [3.05, 3.63) is 28.7 Å². The van der Waals surface area contributed by atoms with Crippen LogP contribution in [0.3, 0.4) is 0 Å². The summed E-state index contributed by atoms with van der Waals surface area (Å²) in [7, 11) is 1.48.